The molecule has 0 amide bonds. The van der Waals surface area contributed by atoms with Gasteiger partial charge < -0.3 is 5.32 Å². The predicted molar refractivity (Wildman–Crippen MR) is 84.1 cm³/mol. The first-order valence-corrected chi connectivity index (χ1v) is 8.90. The lowest BCUT2D eigenvalue weighted by Gasteiger charge is -2.09. The van der Waals surface area contributed by atoms with Crippen molar-refractivity contribution in [2.75, 3.05) is 16.3 Å². The van der Waals surface area contributed by atoms with Gasteiger partial charge in [-0.15, -0.1) is 11.3 Å². The third-order valence-corrected chi connectivity index (χ3v) is 4.24. The molecule has 0 spiro atoms. The zero-order chi connectivity index (χ0) is 14.8. The van der Waals surface area contributed by atoms with Gasteiger partial charge in [0.1, 0.15) is 5.01 Å². The van der Waals surface area contributed by atoms with E-state index in [-0.39, 0.29) is 0 Å². The van der Waals surface area contributed by atoms with Crippen LogP contribution in [0, 0.1) is 6.92 Å². The Balaban J connectivity index is 2.05. The van der Waals surface area contributed by atoms with E-state index in [0.717, 1.165) is 22.6 Å². The van der Waals surface area contributed by atoms with Crippen LogP contribution in [0.5, 0.6) is 0 Å². The molecule has 20 heavy (non-hydrogen) atoms. The van der Waals surface area contributed by atoms with Gasteiger partial charge in [-0.05, 0) is 25.1 Å². The minimum atomic E-state index is -3.33. The molecule has 0 fully saturated rings. The quantitative estimate of drug-likeness (QED) is 0.883. The van der Waals surface area contributed by atoms with Crippen LogP contribution in [0.3, 0.4) is 0 Å². The van der Waals surface area contributed by atoms with E-state index in [4.69, 9.17) is 11.6 Å². The molecule has 1 aromatic carbocycles. The molecule has 1 heterocycles. The summed E-state index contributed by atoms with van der Waals surface area (Å²) in [5.41, 5.74) is 2.17. The van der Waals surface area contributed by atoms with Gasteiger partial charge in [0.25, 0.3) is 0 Å². The van der Waals surface area contributed by atoms with Crippen LogP contribution in [-0.2, 0) is 16.6 Å². The number of aromatic nitrogens is 1. The second-order valence-corrected chi connectivity index (χ2v) is 7.40. The van der Waals surface area contributed by atoms with Crippen molar-refractivity contribution < 1.29 is 8.42 Å². The standard InChI is InChI=1S/C12H14ClN3O2S2/c1-8-7-19-12(15-8)6-14-9-3-4-11(10(13)5-9)16-20(2,17)18/h3-5,7,14,16H,6H2,1-2H3. The molecule has 2 aromatic rings. The number of hydrogen-bond acceptors (Lipinski definition) is 5. The van der Waals surface area contributed by atoms with Gasteiger partial charge in [0.15, 0.2) is 0 Å². The molecule has 0 unspecified atom stereocenters. The summed E-state index contributed by atoms with van der Waals surface area (Å²) in [5.74, 6) is 0. The van der Waals surface area contributed by atoms with Crippen LogP contribution in [-0.4, -0.2) is 19.7 Å². The van der Waals surface area contributed by atoms with Crippen LogP contribution < -0.4 is 10.0 Å². The minimum Gasteiger partial charge on any atom is -0.378 e. The maximum atomic E-state index is 11.2. The summed E-state index contributed by atoms with van der Waals surface area (Å²) in [7, 11) is -3.33. The van der Waals surface area contributed by atoms with Gasteiger partial charge in [0, 0.05) is 16.8 Å². The van der Waals surface area contributed by atoms with Crippen molar-refractivity contribution in [2.24, 2.45) is 0 Å². The Morgan fingerprint density at radius 2 is 2.15 bits per heavy atom. The van der Waals surface area contributed by atoms with E-state index in [2.05, 4.69) is 15.0 Å². The molecule has 0 aliphatic heterocycles. The zero-order valence-corrected chi connectivity index (χ0v) is 13.4. The molecular formula is C12H14ClN3O2S2. The lowest BCUT2D eigenvalue weighted by molar-refractivity contribution is 0.607. The van der Waals surface area contributed by atoms with Crippen LogP contribution in [0.1, 0.15) is 10.7 Å². The number of nitrogens with one attached hydrogen (secondary N) is 2. The van der Waals surface area contributed by atoms with Crippen molar-refractivity contribution in [3.63, 3.8) is 0 Å². The Hall–Kier alpha value is -1.31. The number of thiazole rings is 1. The molecule has 5 nitrogen and oxygen atoms in total. The second kappa shape index (κ2) is 5.99. The molecule has 1 aromatic heterocycles. The van der Waals surface area contributed by atoms with Crippen molar-refractivity contribution >= 4 is 44.3 Å². The van der Waals surface area contributed by atoms with E-state index in [9.17, 15) is 8.42 Å². The lowest BCUT2D eigenvalue weighted by Crippen LogP contribution is -2.10. The number of nitrogens with zero attached hydrogens (tertiary/aromatic N) is 1. The fraction of sp³-hybridized carbons (Fsp3) is 0.250. The summed E-state index contributed by atoms with van der Waals surface area (Å²) in [6, 6.07) is 5.06. The molecule has 0 bridgehead atoms. The molecule has 0 aliphatic rings. The maximum absolute atomic E-state index is 11.2. The molecule has 0 saturated carbocycles. The van der Waals surface area contributed by atoms with E-state index in [1.807, 2.05) is 12.3 Å². The average Bonchev–Trinajstić information content (AvgIpc) is 2.74. The third kappa shape index (κ3) is 4.36. The van der Waals surface area contributed by atoms with E-state index < -0.39 is 10.0 Å². The molecule has 2 rings (SSSR count). The molecule has 0 aliphatic carbocycles. The monoisotopic (exact) mass is 331 g/mol. The summed E-state index contributed by atoms with van der Waals surface area (Å²) in [6.45, 7) is 2.55. The number of anilines is 2. The predicted octanol–water partition coefficient (Wildman–Crippen LogP) is 3.09. The fourth-order valence-electron chi connectivity index (χ4n) is 1.57. The molecule has 0 radical (unpaired) electrons. The fourth-order valence-corrected chi connectivity index (χ4v) is 3.14. The number of benzene rings is 1. The van der Waals surface area contributed by atoms with Gasteiger partial charge in [-0.25, -0.2) is 13.4 Å². The summed E-state index contributed by atoms with van der Waals surface area (Å²) in [4.78, 5) is 4.35. The zero-order valence-electron chi connectivity index (χ0n) is 11.0. The first-order valence-electron chi connectivity index (χ1n) is 5.76. The SMILES string of the molecule is Cc1csc(CNc2ccc(NS(C)(=O)=O)c(Cl)c2)n1. The molecule has 0 atom stereocenters. The average molecular weight is 332 g/mol. The van der Waals surface area contributed by atoms with Gasteiger partial charge in [0.2, 0.25) is 10.0 Å². The number of aryl methyl sites for hydroxylation is 1. The van der Waals surface area contributed by atoms with E-state index in [0.29, 0.717) is 17.3 Å². The van der Waals surface area contributed by atoms with Crippen molar-refractivity contribution in [3.8, 4) is 0 Å². The first kappa shape index (κ1) is 15.1. The lowest BCUT2D eigenvalue weighted by atomic mass is 10.3. The molecule has 108 valence electrons. The Kier molecular flexibility index (Phi) is 4.52. The van der Waals surface area contributed by atoms with Crippen LogP contribution in [0.25, 0.3) is 0 Å². The topological polar surface area (TPSA) is 71.1 Å². The van der Waals surface area contributed by atoms with Crippen molar-refractivity contribution in [1.82, 2.24) is 4.98 Å². The van der Waals surface area contributed by atoms with Crippen LogP contribution >= 0.6 is 22.9 Å². The highest BCUT2D eigenvalue weighted by atomic mass is 35.5. The first-order chi connectivity index (χ1) is 9.33. The van der Waals surface area contributed by atoms with E-state index in [1.54, 1.807) is 29.5 Å². The normalized spacial score (nSPS) is 11.3. The summed E-state index contributed by atoms with van der Waals surface area (Å²) in [5, 5.41) is 6.51. The summed E-state index contributed by atoms with van der Waals surface area (Å²) in [6.07, 6.45) is 1.08. The number of hydrogen-bond donors (Lipinski definition) is 2. The van der Waals surface area contributed by atoms with Gasteiger partial charge in [0.05, 0.1) is 23.5 Å². The summed E-state index contributed by atoms with van der Waals surface area (Å²) < 4.78 is 24.7. The Labute approximate surface area is 127 Å². The molecular weight excluding hydrogens is 318 g/mol. The van der Waals surface area contributed by atoms with Gasteiger partial charge in [-0.1, -0.05) is 11.6 Å². The molecule has 0 saturated heterocycles. The highest BCUT2D eigenvalue weighted by molar-refractivity contribution is 7.92. The largest absolute Gasteiger partial charge is 0.378 e. The van der Waals surface area contributed by atoms with Crippen LogP contribution in [0.15, 0.2) is 23.6 Å². The Morgan fingerprint density at radius 3 is 2.70 bits per heavy atom. The van der Waals surface area contributed by atoms with Crippen molar-refractivity contribution in [2.45, 2.75) is 13.5 Å². The highest BCUT2D eigenvalue weighted by Gasteiger charge is 2.07. The number of sulfonamides is 1. The second-order valence-electron chi connectivity index (χ2n) is 4.31. The van der Waals surface area contributed by atoms with Gasteiger partial charge in [-0.3, -0.25) is 4.72 Å². The smallest absolute Gasteiger partial charge is 0.229 e. The van der Waals surface area contributed by atoms with Crippen molar-refractivity contribution in [3.05, 3.63) is 39.3 Å². The number of rotatable bonds is 5. The molecule has 2 N–H and O–H groups in total. The van der Waals surface area contributed by atoms with Crippen LogP contribution in [0.2, 0.25) is 5.02 Å². The van der Waals surface area contributed by atoms with Gasteiger partial charge in [-0.2, -0.15) is 0 Å². The maximum Gasteiger partial charge on any atom is 0.229 e. The van der Waals surface area contributed by atoms with E-state index >= 15 is 0 Å². The van der Waals surface area contributed by atoms with Crippen molar-refractivity contribution in [1.29, 1.82) is 0 Å². The van der Waals surface area contributed by atoms with Gasteiger partial charge >= 0.3 is 0 Å². The third-order valence-electron chi connectivity index (χ3n) is 2.37. The van der Waals surface area contributed by atoms with E-state index in [1.165, 1.54) is 0 Å². The Morgan fingerprint density at radius 1 is 1.40 bits per heavy atom. The summed E-state index contributed by atoms with van der Waals surface area (Å²) >= 11 is 7.63. The van der Waals surface area contributed by atoms with Crippen LogP contribution in [0.4, 0.5) is 11.4 Å². The minimum absolute atomic E-state index is 0.343. The molecule has 8 heteroatoms. The Bertz CT molecular complexity index is 713. The highest BCUT2D eigenvalue weighted by Crippen LogP contribution is 2.26. The number of halogens is 1.